The summed E-state index contributed by atoms with van der Waals surface area (Å²) in [6.45, 7) is 3.28. The molecule has 8 rings (SSSR count). The zero-order valence-corrected chi connectivity index (χ0v) is 27.5. The number of phenolic OH excluding ortho intramolecular Hbond substituents is 1. The SMILES string of the molecule is Nc1nnc(-c2ccccc2O)cc1-c1cnn([C@H]2CC[C@H](N3CCC(c4cccc5c4OCCN5C4CCC(=O)NC4=O)CC3)CC2)c1. The standard InChI is InChI=1S/C37H42N8O4/c38-36-29(20-30(41-42-36)28-4-1-2-7-33(28)46)24-21-39-45(22-24)26-10-8-25(9-11-26)43-16-14-23(15-17-43)27-5-3-6-31-35(27)49-19-18-44(31)32-12-13-34(47)40-37(32)48/h1-7,20-23,25-26,32,46H,8-19H2,(H2,38,42)(H,40,47,48)/t25-,26-,32?. The molecular weight excluding hydrogens is 620 g/mol. The summed E-state index contributed by atoms with van der Waals surface area (Å²) < 4.78 is 8.34. The molecule has 4 aliphatic rings. The molecule has 12 heteroatoms. The molecule has 0 spiro atoms. The molecule has 2 aromatic carbocycles. The van der Waals surface area contributed by atoms with E-state index in [1.54, 1.807) is 12.1 Å². The van der Waals surface area contributed by atoms with E-state index in [9.17, 15) is 14.7 Å². The van der Waals surface area contributed by atoms with Gasteiger partial charge in [-0.3, -0.25) is 19.6 Å². The summed E-state index contributed by atoms with van der Waals surface area (Å²) in [4.78, 5) is 29.2. The normalized spacial score (nSPS) is 23.5. The molecular formula is C37H42N8O4. The minimum atomic E-state index is -0.338. The molecule has 3 fully saturated rings. The van der Waals surface area contributed by atoms with Crippen LogP contribution in [0.25, 0.3) is 22.4 Å². The van der Waals surface area contributed by atoms with Crippen molar-refractivity contribution >= 4 is 23.3 Å². The number of nitrogens with two attached hydrogens (primary N) is 1. The number of likely N-dealkylation sites (tertiary alicyclic amines) is 1. The van der Waals surface area contributed by atoms with Crippen LogP contribution in [0, 0.1) is 0 Å². The second-order valence-electron chi connectivity index (χ2n) is 13.7. The Kier molecular flexibility index (Phi) is 8.40. The molecule has 2 amide bonds. The van der Waals surface area contributed by atoms with Crippen molar-refractivity contribution in [2.24, 2.45) is 0 Å². The number of benzene rings is 2. The topological polar surface area (TPSA) is 152 Å². The maximum atomic E-state index is 12.7. The van der Waals surface area contributed by atoms with Crippen molar-refractivity contribution < 1.29 is 19.4 Å². The molecule has 12 nitrogen and oxygen atoms in total. The van der Waals surface area contributed by atoms with E-state index in [2.05, 4.69) is 48.3 Å². The molecule has 49 heavy (non-hydrogen) atoms. The van der Waals surface area contributed by atoms with Gasteiger partial charge >= 0.3 is 0 Å². The lowest BCUT2D eigenvalue weighted by molar-refractivity contribution is -0.134. The lowest BCUT2D eigenvalue weighted by Gasteiger charge is -2.42. The molecule has 2 saturated heterocycles. The number of ether oxygens (including phenoxy) is 1. The number of hydrogen-bond acceptors (Lipinski definition) is 10. The van der Waals surface area contributed by atoms with E-state index in [0.29, 0.717) is 61.1 Å². The Hall–Kier alpha value is -4.97. The second kappa shape index (κ2) is 13.1. The number of anilines is 2. The van der Waals surface area contributed by atoms with Gasteiger partial charge in [-0.1, -0.05) is 24.3 Å². The van der Waals surface area contributed by atoms with Gasteiger partial charge in [0, 0.05) is 35.3 Å². The number of carbonyl (C=O) groups excluding carboxylic acids is 2. The van der Waals surface area contributed by atoms with Crippen LogP contribution in [0.15, 0.2) is 60.9 Å². The number of amides is 2. The van der Waals surface area contributed by atoms with Crippen molar-refractivity contribution in [2.45, 2.75) is 75.4 Å². The number of nitrogens with zero attached hydrogens (tertiary/aromatic N) is 6. The monoisotopic (exact) mass is 662 g/mol. The number of nitrogen functional groups attached to an aromatic ring is 1. The number of carbonyl (C=O) groups is 2. The Labute approximate surface area is 285 Å². The predicted octanol–water partition coefficient (Wildman–Crippen LogP) is 4.66. The largest absolute Gasteiger partial charge is 0.507 e. The van der Waals surface area contributed by atoms with Gasteiger partial charge in [0.15, 0.2) is 5.82 Å². The molecule has 0 radical (unpaired) electrons. The summed E-state index contributed by atoms with van der Waals surface area (Å²) >= 11 is 0. The van der Waals surface area contributed by atoms with Gasteiger partial charge < -0.3 is 25.4 Å². The van der Waals surface area contributed by atoms with Crippen LogP contribution in [0.1, 0.15) is 68.9 Å². The molecule has 2 aromatic heterocycles. The second-order valence-corrected chi connectivity index (χ2v) is 13.7. The number of rotatable bonds is 6. The fraction of sp³-hybridized carbons (Fsp3) is 0.432. The van der Waals surface area contributed by atoms with Crippen molar-refractivity contribution in [3.05, 3.63) is 66.5 Å². The Morgan fingerprint density at radius 3 is 2.47 bits per heavy atom. The zero-order valence-electron chi connectivity index (χ0n) is 27.5. The summed E-state index contributed by atoms with van der Waals surface area (Å²) in [6, 6.07) is 15.8. The van der Waals surface area contributed by atoms with Crippen LogP contribution in [0.4, 0.5) is 11.5 Å². The van der Waals surface area contributed by atoms with E-state index in [4.69, 9.17) is 15.6 Å². The van der Waals surface area contributed by atoms with E-state index >= 15 is 0 Å². The third-order valence-electron chi connectivity index (χ3n) is 10.9. The van der Waals surface area contributed by atoms with Gasteiger partial charge in [0.05, 0.1) is 30.2 Å². The molecule has 4 N–H and O–H groups in total. The average molecular weight is 663 g/mol. The number of aromatic hydroxyl groups is 1. The maximum Gasteiger partial charge on any atom is 0.249 e. The first-order chi connectivity index (χ1) is 23.9. The molecule has 254 valence electrons. The third-order valence-corrected chi connectivity index (χ3v) is 10.9. The number of aromatic nitrogens is 4. The molecule has 5 heterocycles. The molecule has 3 aliphatic heterocycles. The Morgan fingerprint density at radius 2 is 1.67 bits per heavy atom. The number of piperidine rings is 2. The third kappa shape index (κ3) is 6.09. The van der Waals surface area contributed by atoms with Gasteiger partial charge in [0.1, 0.15) is 24.1 Å². The molecule has 0 bridgehead atoms. The molecule has 4 aromatic rings. The van der Waals surface area contributed by atoms with Crippen molar-refractivity contribution in [1.82, 2.24) is 30.2 Å². The first-order valence-electron chi connectivity index (χ1n) is 17.5. The fourth-order valence-corrected chi connectivity index (χ4v) is 8.31. The smallest absolute Gasteiger partial charge is 0.249 e. The van der Waals surface area contributed by atoms with Crippen molar-refractivity contribution in [1.29, 1.82) is 0 Å². The van der Waals surface area contributed by atoms with Gasteiger partial charge in [-0.15, -0.1) is 10.2 Å². The molecule has 1 atom stereocenters. The van der Waals surface area contributed by atoms with Crippen molar-refractivity contribution in [3.63, 3.8) is 0 Å². The van der Waals surface area contributed by atoms with E-state index in [-0.39, 0.29) is 23.6 Å². The van der Waals surface area contributed by atoms with Crippen LogP contribution in [-0.4, -0.2) is 80.1 Å². The minimum absolute atomic E-state index is 0.149. The Balaban J connectivity index is 0.884. The van der Waals surface area contributed by atoms with Crippen LogP contribution >= 0.6 is 0 Å². The fourth-order valence-electron chi connectivity index (χ4n) is 8.31. The number of imide groups is 1. The van der Waals surface area contributed by atoms with Crippen LogP contribution in [0.5, 0.6) is 11.5 Å². The first-order valence-corrected chi connectivity index (χ1v) is 17.5. The molecule has 1 saturated carbocycles. The predicted molar refractivity (Wildman–Crippen MR) is 185 cm³/mol. The first kappa shape index (κ1) is 31.3. The number of nitrogens with one attached hydrogen (secondary N) is 1. The Bertz CT molecular complexity index is 1860. The highest BCUT2D eigenvalue weighted by molar-refractivity contribution is 6.02. The van der Waals surface area contributed by atoms with E-state index in [1.165, 1.54) is 5.56 Å². The van der Waals surface area contributed by atoms with Crippen LogP contribution < -0.4 is 20.7 Å². The maximum absolute atomic E-state index is 12.7. The Morgan fingerprint density at radius 1 is 0.878 bits per heavy atom. The van der Waals surface area contributed by atoms with Gasteiger partial charge in [-0.25, -0.2) is 0 Å². The lowest BCUT2D eigenvalue weighted by atomic mass is 9.85. The number of hydrogen-bond donors (Lipinski definition) is 3. The number of fused-ring (bicyclic) bond motifs is 1. The van der Waals surface area contributed by atoms with Gasteiger partial charge in [-0.05, 0) is 93.8 Å². The highest BCUT2D eigenvalue weighted by Crippen LogP contribution is 2.44. The number of para-hydroxylation sites is 2. The van der Waals surface area contributed by atoms with Crippen LogP contribution in [0.3, 0.4) is 0 Å². The van der Waals surface area contributed by atoms with E-state index < -0.39 is 0 Å². The van der Waals surface area contributed by atoms with E-state index in [0.717, 1.165) is 74.2 Å². The van der Waals surface area contributed by atoms with Gasteiger partial charge in [0.2, 0.25) is 11.8 Å². The van der Waals surface area contributed by atoms with Crippen LogP contribution in [0.2, 0.25) is 0 Å². The highest BCUT2D eigenvalue weighted by atomic mass is 16.5. The zero-order chi connectivity index (χ0) is 33.5. The highest BCUT2D eigenvalue weighted by Gasteiger charge is 2.37. The lowest BCUT2D eigenvalue weighted by Crippen LogP contribution is -2.54. The van der Waals surface area contributed by atoms with Crippen molar-refractivity contribution in [3.8, 4) is 33.9 Å². The number of phenols is 1. The summed E-state index contributed by atoms with van der Waals surface area (Å²) in [6.07, 6.45) is 11.3. The minimum Gasteiger partial charge on any atom is -0.507 e. The molecule has 1 aliphatic carbocycles. The quantitative estimate of drug-likeness (QED) is 0.249. The summed E-state index contributed by atoms with van der Waals surface area (Å²) in [5.41, 5.74) is 11.3. The van der Waals surface area contributed by atoms with Crippen molar-refractivity contribution in [2.75, 3.05) is 36.9 Å². The summed E-state index contributed by atoms with van der Waals surface area (Å²) in [5.74, 6) is 1.41. The average Bonchev–Trinajstić information content (AvgIpc) is 3.62. The summed E-state index contributed by atoms with van der Waals surface area (Å²) in [7, 11) is 0. The molecule has 1 unspecified atom stereocenters. The van der Waals surface area contributed by atoms with Crippen LogP contribution in [-0.2, 0) is 9.59 Å². The van der Waals surface area contributed by atoms with Gasteiger partial charge in [0.25, 0.3) is 0 Å². The summed E-state index contributed by atoms with van der Waals surface area (Å²) in [5, 5.41) is 25.9. The van der Waals surface area contributed by atoms with Gasteiger partial charge in [-0.2, -0.15) is 5.10 Å². The van der Waals surface area contributed by atoms with E-state index in [1.807, 2.05) is 30.5 Å².